The van der Waals surface area contributed by atoms with Gasteiger partial charge in [0.1, 0.15) is 0 Å². The predicted molar refractivity (Wildman–Crippen MR) is 62.3 cm³/mol. The lowest BCUT2D eigenvalue weighted by atomic mass is 10.1. The van der Waals surface area contributed by atoms with Crippen LogP contribution in [0.2, 0.25) is 0 Å². The molecule has 0 spiro atoms. The fourth-order valence-electron chi connectivity index (χ4n) is 1.22. The quantitative estimate of drug-likeness (QED) is 0.771. The van der Waals surface area contributed by atoms with Crippen LogP contribution in [0, 0.1) is 12.8 Å². The Labute approximate surface area is 87.5 Å². The van der Waals surface area contributed by atoms with E-state index >= 15 is 0 Å². The lowest BCUT2D eigenvalue weighted by Gasteiger charge is -2.17. The molecule has 14 heavy (non-hydrogen) atoms. The van der Waals surface area contributed by atoms with E-state index in [2.05, 4.69) is 57.3 Å². The summed E-state index contributed by atoms with van der Waals surface area (Å²) in [6.07, 6.45) is 0. The van der Waals surface area contributed by atoms with E-state index in [4.69, 9.17) is 0 Å². The summed E-state index contributed by atoms with van der Waals surface area (Å²) in [6.45, 7) is 9.81. The summed E-state index contributed by atoms with van der Waals surface area (Å²) in [4.78, 5) is 0. The van der Waals surface area contributed by atoms with E-state index in [9.17, 15) is 0 Å². The van der Waals surface area contributed by atoms with Crippen molar-refractivity contribution in [1.29, 1.82) is 0 Å². The van der Waals surface area contributed by atoms with Crippen molar-refractivity contribution in [3.05, 3.63) is 35.4 Å². The van der Waals surface area contributed by atoms with Gasteiger partial charge >= 0.3 is 0 Å². The largest absolute Gasteiger partial charge is 0.310 e. The van der Waals surface area contributed by atoms with Crippen LogP contribution >= 0.6 is 0 Å². The van der Waals surface area contributed by atoms with Gasteiger partial charge in [0.2, 0.25) is 0 Å². The molecule has 0 aliphatic carbocycles. The van der Waals surface area contributed by atoms with E-state index in [0.717, 1.165) is 6.54 Å². The zero-order chi connectivity index (χ0) is 10.6. The van der Waals surface area contributed by atoms with Gasteiger partial charge in [-0.05, 0) is 25.3 Å². The molecule has 1 N–H and O–H groups in total. The smallest absolute Gasteiger partial charge is 0.0208 e. The number of rotatable bonds is 4. The molecule has 0 unspecified atom stereocenters. The van der Waals surface area contributed by atoms with Crippen molar-refractivity contribution < 1.29 is 0 Å². The van der Waals surface area contributed by atoms with Crippen molar-refractivity contribution in [2.24, 2.45) is 5.92 Å². The Morgan fingerprint density at radius 1 is 1.07 bits per heavy atom. The molecule has 0 bridgehead atoms. The molecule has 0 radical (unpaired) electrons. The summed E-state index contributed by atoms with van der Waals surface area (Å²) in [5.74, 6) is 0.695. The van der Waals surface area contributed by atoms with E-state index < -0.39 is 0 Å². The highest BCUT2D eigenvalue weighted by Crippen LogP contribution is 2.05. The molecule has 1 nitrogen and oxygen atoms in total. The second-order valence-electron chi connectivity index (χ2n) is 4.40. The highest BCUT2D eigenvalue weighted by Gasteiger charge is 2.05. The van der Waals surface area contributed by atoms with Crippen molar-refractivity contribution in [2.45, 2.75) is 40.3 Å². The number of hydrogen-bond acceptors (Lipinski definition) is 1. The maximum Gasteiger partial charge on any atom is 0.0208 e. The summed E-state index contributed by atoms with van der Waals surface area (Å²) in [5, 5.41) is 3.52. The van der Waals surface area contributed by atoms with Crippen LogP contribution in [-0.2, 0) is 6.54 Å². The van der Waals surface area contributed by atoms with Crippen molar-refractivity contribution >= 4 is 0 Å². The van der Waals surface area contributed by atoms with Crippen molar-refractivity contribution in [1.82, 2.24) is 5.32 Å². The Morgan fingerprint density at radius 2 is 1.64 bits per heavy atom. The Balaban J connectivity index is 2.42. The lowest BCUT2D eigenvalue weighted by Crippen LogP contribution is -2.30. The van der Waals surface area contributed by atoms with Gasteiger partial charge in [-0.15, -0.1) is 0 Å². The van der Waals surface area contributed by atoms with Gasteiger partial charge in [-0.25, -0.2) is 0 Å². The third-order valence-electron chi connectivity index (χ3n) is 2.75. The van der Waals surface area contributed by atoms with Crippen LogP contribution in [0.3, 0.4) is 0 Å². The molecule has 0 saturated heterocycles. The van der Waals surface area contributed by atoms with Gasteiger partial charge in [0.25, 0.3) is 0 Å². The maximum atomic E-state index is 3.52. The van der Waals surface area contributed by atoms with Crippen molar-refractivity contribution in [3.63, 3.8) is 0 Å². The van der Waals surface area contributed by atoms with Crippen LogP contribution in [0.25, 0.3) is 0 Å². The third-order valence-corrected chi connectivity index (χ3v) is 2.75. The van der Waals surface area contributed by atoms with Crippen LogP contribution in [0.1, 0.15) is 31.9 Å². The second kappa shape index (κ2) is 5.16. The molecule has 1 heteroatoms. The van der Waals surface area contributed by atoms with E-state index in [1.54, 1.807) is 0 Å². The Hall–Kier alpha value is -0.820. The topological polar surface area (TPSA) is 12.0 Å². The molecular formula is C13H21N. The molecule has 0 aromatic heterocycles. The first kappa shape index (κ1) is 11.3. The Bertz CT molecular complexity index is 261. The SMILES string of the molecule is Cc1ccc(CN[C@H](C)C(C)C)cc1. The van der Waals surface area contributed by atoms with E-state index in [1.807, 2.05) is 0 Å². The van der Waals surface area contributed by atoms with Crippen LogP contribution in [-0.4, -0.2) is 6.04 Å². The molecule has 1 atom stereocenters. The van der Waals surface area contributed by atoms with Crippen LogP contribution in [0.5, 0.6) is 0 Å². The Morgan fingerprint density at radius 3 is 2.14 bits per heavy atom. The number of benzene rings is 1. The van der Waals surface area contributed by atoms with Crippen molar-refractivity contribution in [2.75, 3.05) is 0 Å². The normalized spacial score (nSPS) is 13.2. The molecule has 1 aromatic carbocycles. The van der Waals surface area contributed by atoms with Gasteiger partial charge < -0.3 is 5.32 Å². The summed E-state index contributed by atoms with van der Waals surface area (Å²) in [7, 11) is 0. The van der Waals surface area contributed by atoms with Gasteiger partial charge in [0.05, 0.1) is 0 Å². The maximum absolute atomic E-state index is 3.52. The Kier molecular flexibility index (Phi) is 4.15. The monoisotopic (exact) mass is 191 g/mol. The lowest BCUT2D eigenvalue weighted by molar-refractivity contribution is 0.426. The standard InChI is InChI=1S/C13H21N/c1-10(2)12(4)14-9-13-7-5-11(3)6-8-13/h5-8,10,12,14H,9H2,1-4H3/t12-/m1/s1. The predicted octanol–water partition coefficient (Wildman–Crippen LogP) is 3.13. The van der Waals surface area contributed by atoms with Crippen LogP contribution in [0.4, 0.5) is 0 Å². The van der Waals surface area contributed by atoms with Crippen LogP contribution < -0.4 is 5.32 Å². The molecule has 0 saturated carbocycles. The zero-order valence-corrected chi connectivity index (χ0v) is 9.67. The number of aryl methyl sites for hydroxylation is 1. The van der Waals surface area contributed by atoms with Crippen molar-refractivity contribution in [3.8, 4) is 0 Å². The molecule has 78 valence electrons. The third kappa shape index (κ3) is 3.51. The highest BCUT2D eigenvalue weighted by atomic mass is 14.9. The number of hydrogen-bond donors (Lipinski definition) is 1. The van der Waals surface area contributed by atoms with Gasteiger partial charge in [-0.3, -0.25) is 0 Å². The molecule has 0 amide bonds. The average Bonchev–Trinajstić information content (AvgIpc) is 2.16. The fraction of sp³-hybridized carbons (Fsp3) is 0.538. The minimum atomic E-state index is 0.580. The first-order valence-electron chi connectivity index (χ1n) is 5.38. The first-order valence-corrected chi connectivity index (χ1v) is 5.38. The van der Waals surface area contributed by atoms with Crippen LogP contribution in [0.15, 0.2) is 24.3 Å². The summed E-state index contributed by atoms with van der Waals surface area (Å²) in [5.41, 5.74) is 2.69. The van der Waals surface area contributed by atoms with Gasteiger partial charge in [-0.1, -0.05) is 43.7 Å². The minimum absolute atomic E-state index is 0.580. The molecule has 0 aliphatic heterocycles. The van der Waals surface area contributed by atoms with Gasteiger partial charge in [0.15, 0.2) is 0 Å². The van der Waals surface area contributed by atoms with E-state index in [-0.39, 0.29) is 0 Å². The first-order chi connectivity index (χ1) is 6.59. The fourth-order valence-corrected chi connectivity index (χ4v) is 1.22. The molecular weight excluding hydrogens is 170 g/mol. The summed E-state index contributed by atoms with van der Waals surface area (Å²) < 4.78 is 0. The minimum Gasteiger partial charge on any atom is -0.310 e. The molecule has 0 aliphatic rings. The highest BCUT2D eigenvalue weighted by molar-refractivity contribution is 5.21. The van der Waals surface area contributed by atoms with Gasteiger partial charge in [-0.2, -0.15) is 0 Å². The summed E-state index contributed by atoms with van der Waals surface area (Å²) in [6, 6.07) is 9.29. The molecule has 0 fully saturated rings. The average molecular weight is 191 g/mol. The molecule has 0 heterocycles. The van der Waals surface area contributed by atoms with E-state index in [0.29, 0.717) is 12.0 Å². The van der Waals surface area contributed by atoms with E-state index in [1.165, 1.54) is 11.1 Å². The molecule has 1 rings (SSSR count). The summed E-state index contributed by atoms with van der Waals surface area (Å²) >= 11 is 0. The molecule has 1 aromatic rings. The van der Waals surface area contributed by atoms with Gasteiger partial charge in [0, 0.05) is 12.6 Å². The second-order valence-corrected chi connectivity index (χ2v) is 4.40. The number of nitrogens with one attached hydrogen (secondary N) is 1. The zero-order valence-electron chi connectivity index (χ0n) is 9.67.